The van der Waals surface area contributed by atoms with Crippen LogP contribution in [0.4, 0.5) is 0 Å². The van der Waals surface area contributed by atoms with Gasteiger partial charge in [-0.25, -0.2) is 4.79 Å². The summed E-state index contributed by atoms with van der Waals surface area (Å²) in [5, 5.41) is 9.66. The molecular weight excluding hydrogens is 851 g/mol. The Bertz CT molecular complexity index is 1080. The summed E-state index contributed by atoms with van der Waals surface area (Å²) in [4.78, 5) is 37.2. The van der Waals surface area contributed by atoms with Crippen LogP contribution in [-0.4, -0.2) is 87.4 Å². The highest BCUT2D eigenvalue weighted by atomic mass is 16.7. The van der Waals surface area contributed by atoms with Crippen molar-refractivity contribution in [3.63, 3.8) is 0 Å². The van der Waals surface area contributed by atoms with Crippen LogP contribution in [0.2, 0.25) is 0 Å². The molecule has 0 radical (unpaired) electrons. The molecule has 0 aliphatic heterocycles. The second-order valence-electron chi connectivity index (χ2n) is 21.7. The first-order valence-electron chi connectivity index (χ1n) is 29.7. The van der Waals surface area contributed by atoms with Crippen molar-refractivity contribution < 1.29 is 42.9 Å². The molecule has 0 aliphatic rings. The van der Waals surface area contributed by atoms with Gasteiger partial charge in [0.15, 0.2) is 6.10 Å². The monoisotopic (exact) mass is 967 g/mol. The molecule has 0 saturated heterocycles. The molecule has 0 spiro atoms. The second-order valence-corrected chi connectivity index (χ2v) is 21.7. The number of carboxylic acids is 1. The number of nitrogens with zero attached hydrogens (tertiary/aromatic N) is 1. The van der Waals surface area contributed by atoms with Gasteiger partial charge in [0.05, 0.1) is 34.4 Å². The van der Waals surface area contributed by atoms with E-state index in [1.165, 1.54) is 238 Å². The van der Waals surface area contributed by atoms with E-state index in [1.807, 2.05) is 21.1 Å². The zero-order valence-corrected chi connectivity index (χ0v) is 46.1. The molecule has 68 heavy (non-hydrogen) atoms. The van der Waals surface area contributed by atoms with Gasteiger partial charge in [-0.2, -0.15) is 0 Å². The molecule has 1 N–H and O–H groups in total. The molecule has 0 amide bonds. The summed E-state index contributed by atoms with van der Waals surface area (Å²) in [5.74, 6) is -1.98. The van der Waals surface area contributed by atoms with Crippen LogP contribution < -0.4 is 0 Å². The van der Waals surface area contributed by atoms with Crippen LogP contribution in [0.1, 0.15) is 303 Å². The summed E-state index contributed by atoms with van der Waals surface area (Å²) >= 11 is 0. The molecule has 0 aromatic heterocycles. The summed E-state index contributed by atoms with van der Waals surface area (Å²) in [6, 6.07) is 0. The molecule has 9 nitrogen and oxygen atoms in total. The zero-order valence-electron chi connectivity index (χ0n) is 46.1. The number of likely N-dealkylation sites (N-methyl/N-ethyl adjacent to an activating group) is 1. The summed E-state index contributed by atoms with van der Waals surface area (Å²) in [6.07, 6.45) is 55.2. The van der Waals surface area contributed by atoms with E-state index in [4.69, 9.17) is 18.9 Å². The lowest BCUT2D eigenvalue weighted by Crippen LogP contribution is -2.40. The number of carbonyl (C=O) groups excluding carboxylic acids is 2. The molecule has 0 rings (SSSR count). The van der Waals surface area contributed by atoms with Crippen molar-refractivity contribution in [1.82, 2.24) is 0 Å². The fraction of sp³-hybridized carbons (Fsp3) is 0.949. The van der Waals surface area contributed by atoms with E-state index in [2.05, 4.69) is 13.8 Å². The van der Waals surface area contributed by atoms with E-state index in [1.54, 1.807) is 0 Å². The molecule has 0 bridgehead atoms. The van der Waals surface area contributed by atoms with Crippen LogP contribution in [0.5, 0.6) is 0 Å². The minimum absolute atomic E-state index is 0.174. The number of quaternary nitrogens is 1. The molecule has 0 heterocycles. The van der Waals surface area contributed by atoms with Gasteiger partial charge in [0, 0.05) is 12.8 Å². The van der Waals surface area contributed by atoms with Gasteiger partial charge < -0.3 is 28.5 Å². The number of carboxylic acid groups (broad SMARTS) is 1. The van der Waals surface area contributed by atoms with E-state index >= 15 is 0 Å². The van der Waals surface area contributed by atoms with Gasteiger partial charge in [0.2, 0.25) is 0 Å². The number of carbonyl (C=O) groups is 3. The molecular formula is C59H116NO8+. The van der Waals surface area contributed by atoms with Crippen molar-refractivity contribution in [1.29, 1.82) is 0 Å². The van der Waals surface area contributed by atoms with E-state index in [0.717, 1.165) is 38.5 Å². The Hall–Kier alpha value is -1.71. The average Bonchev–Trinajstić information content (AvgIpc) is 3.30. The number of rotatable bonds is 56. The second kappa shape index (κ2) is 51.6. The lowest BCUT2D eigenvalue weighted by Gasteiger charge is -2.25. The Morgan fingerprint density at radius 2 is 0.662 bits per heavy atom. The molecule has 2 unspecified atom stereocenters. The number of aliphatic carboxylic acids is 1. The van der Waals surface area contributed by atoms with Gasteiger partial charge in [-0.15, -0.1) is 0 Å². The standard InChI is InChI=1S/C59H115NO8/c1-6-8-10-12-14-16-17-18-19-20-21-22-23-24-25-26-27-28-29-30-31-32-33-34-35-36-37-38-39-40-42-44-46-48-50-57(62)68-55(54-67-59(58(63)64)65-52-51-60(3,4)5)53-66-56(61)49-47-45-43-41-15-13-11-9-7-2/h55,59H,6-54H2,1-5H3/p+1. The van der Waals surface area contributed by atoms with Crippen molar-refractivity contribution >= 4 is 17.9 Å². The van der Waals surface area contributed by atoms with E-state index in [0.29, 0.717) is 17.4 Å². The largest absolute Gasteiger partial charge is 0.477 e. The van der Waals surface area contributed by atoms with Gasteiger partial charge in [-0.05, 0) is 12.8 Å². The Morgan fingerprint density at radius 1 is 0.382 bits per heavy atom. The van der Waals surface area contributed by atoms with Crippen molar-refractivity contribution in [3.8, 4) is 0 Å². The number of unbranched alkanes of at least 4 members (excludes halogenated alkanes) is 41. The normalized spacial score (nSPS) is 12.7. The highest BCUT2D eigenvalue weighted by molar-refractivity contribution is 5.71. The maximum atomic E-state index is 12.8. The molecule has 0 aliphatic carbocycles. The molecule has 0 saturated carbocycles. The van der Waals surface area contributed by atoms with Crippen molar-refractivity contribution in [2.24, 2.45) is 0 Å². The fourth-order valence-corrected chi connectivity index (χ4v) is 9.02. The number of ether oxygens (including phenoxy) is 4. The summed E-state index contributed by atoms with van der Waals surface area (Å²) in [6.45, 7) is 4.90. The van der Waals surface area contributed by atoms with Gasteiger partial charge in [0.25, 0.3) is 6.29 Å². The Balaban J connectivity index is 3.90. The lowest BCUT2D eigenvalue weighted by atomic mass is 10.0. The lowest BCUT2D eigenvalue weighted by molar-refractivity contribution is -0.870. The van der Waals surface area contributed by atoms with Crippen LogP contribution in [0.15, 0.2) is 0 Å². The third-order valence-corrected chi connectivity index (χ3v) is 13.6. The van der Waals surface area contributed by atoms with Crippen molar-refractivity contribution in [2.75, 3.05) is 47.5 Å². The van der Waals surface area contributed by atoms with Gasteiger partial charge in [-0.3, -0.25) is 9.59 Å². The van der Waals surface area contributed by atoms with E-state index in [9.17, 15) is 19.5 Å². The smallest absolute Gasteiger partial charge is 0.361 e. The maximum absolute atomic E-state index is 12.8. The predicted molar refractivity (Wildman–Crippen MR) is 286 cm³/mol. The van der Waals surface area contributed by atoms with Crippen LogP contribution in [0.3, 0.4) is 0 Å². The number of esters is 2. The third kappa shape index (κ3) is 52.1. The van der Waals surface area contributed by atoms with E-state index in [-0.39, 0.29) is 38.2 Å². The first kappa shape index (κ1) is 66.3. The van der Waals surface area contributed by atoms with Gasteiger partial charge in [-0.1, -0.05) is 277 Å². The summed E-state index contributed by atoms with van der Waals surface area (Å²) in [7, 11) is 5.97. The highest BCUT2D eigenvalue weighted by Crippen LogP contribution is 2.18. The van der Waals surface area contributed by atoms with Crippen LogP contribution in [0, 0.1) is 0 Å². The Kier molecular flexibility index (Phi) is 50.3. The van der Waals surface area contributed by atoms with Gasteiger partial charge >= 0.3 is 17.9 Å². The number of hydrogen-bond acceptors (Lipinski definition) is 7. The third-order valence-electron chi connectivity index (χ3n) is 13.6. The van der Waals surface area contributed by atoms with Crippen molar-refractivity contribution in [2.45, 2.75) is 315 Å². The predicted octanol–water partition coefficient (Wildman–Crippen LogP) is 17.2. The molecule has 404 valence electrons. The van der Waals surface area contributed by atoms with Crippen LogP contribution in [0.25, 0.3) is 0 Å². The molecule has 0 aromatic rings. The minimum Gasteiger partial charge on any atom is -0.477 e. The van der Waals surface area contributed by atoms with Crippen molar-refractivity contribution in [3.05, 3.63) is 0 Å². The summed E-state index contributed by atoms with van der Waals surface area (Å²) < 4.78 is 22.8. The molecule has 2 atom stereocenters. The SMILES string of the molecule is CCCCCCCCCCCCCCCCCCCCCCCCCCCCCCCCCCCCC(=O)OC(COC(=O)CCCCCCCCCCC)COC(OCC[N+](C)(C)C)C(=O)O. The first-order valence-corrected chi connectivity index (χ1v) is 29.7. The van der Waals surface area contributed by atoms with Crippen LogP contribution in [-0.2, 0) is 33.3 Å². The summed E-state index contributed by atoms with van der Waals surface area (Å²) in [5.41, 5.74) is 0. The molecule has 0 aromatic carbocycles. The van der Waals surface area contributed by atoms with Crippen LogP contribution >= 0.6 is 0 Å². The molecule has 0 fully saturated rings. The van der Waals surface area contributed by atoms with E-state index < -0.39 is 18.4 Å². The Morgan fingerprint density at radius 3 is 0.941 bits per heavy atom. The average molecular weight is 968 g/mol. The van der Waals surface area contributed by atoms with Gasteiger partial charge in [0.1, 0.15) is 13.2 Å². The topological polar surface area (TPSA) is 108 Å². The molecule has 9 heteroatoms. The Labute approximate surface area is 422 Å². The number of hydrogen-bond donors (Lipinski definition) is 1. The highest BCUT2D eigenvalue weighted by Gasteiger charge is 2.25. The maximum Gasteiger partial charge on any atom is 0.361 e. The fourth-order valence-electron chi connectivity index (χ4n) is 9.02. The first-order chi connectivity index (χ1) is 33.1. The zero-order chi connectivity index (χ0) is 49.9. The minimum atomic E-state index is -1.50. The quantitative estimate of drug-likeness (QED) is 0.0278.